The van der Waals surface area contributed by atoms with Crippen molar-refractivity contribution < 1.29 is 20.0 Å². The van der Waals surface area contributed by atoms with Crippen molar-refractivity contribution in [3.63, 3.8) is 0 Å². The van der Waals surface area contributed by atoms with Gasteiger partial charge in [-0.2, -0.15) is 0 Å². The Balaban J connectivity index is 2.57. The van der Waals surface area contributed by atoms with E-state index in [0.29, 0.717) is 5.69 Å². The number of aryl methyl sites for hydroxylation is 1. The number of nitrogens with two attached hydrogens (primary N) is 1. The summed E-state index contributed by atoms with van der Waals surface area (Å²) in [4.78, 5) is 22.7. The number of rotatable bonds is 6. The van der Waals surface area contributed by atoms with Gasteiger partial charge in [0.15, 0.2) is 0 Å². The molecule has 0 spiro atoms. The highest BCUT2D eigenvalue weighted by Gasteiger charge is 2.19. The molecule has 0 bridgehead atoms. The highest BCUT2D eigenvalue weighted by molar-refractivity contribution is 5.93. The van der Waals surface area contributed by atoms with Gasteiger partial charge in [0.05, 0.1) is 18.4 Å². The van der Waals surface area contributed by atoms with Crippen LogP contribution in [-0.4, -0.2) is 24.0 Å². The van der Waals surface area contributed by atoms with E-state index in [1.807, 2.05) is 32.9 Å². The quantitative estimate of drug-likeness (QED) is 0.720. The standard InChI is InChI=1S/C14H20N2O3/c1-9(2)15-12(14(18)19)8-13(17)16-11-6-4-10(3)5-7-11/h4-7,9,12,15H,8H2,1-3H3,(H,16,17)(H,18,19)/t12-/m1/s1. The fourth-order valence-corrected chi connectivity index (χ4v) is 1.74. The van der Waals surface area contributed by atoms with Crippen molar-refractivity contribution in [1.82, 2.24) is 0 Å². The van der Waals surface area contributed by atoms with Gasteiger partial charge in [0.2, 0.25) is 5.91 Å². The Hall–Kier alpha value is -1.88. The molecule has 0 aromatic heterocycles. The van der Waals surface area contributed by atoms with Gasteiger partial charge in [-0.15, -0.1) is 0 Å². The second-order valence-corrected chi connectivity index (χ2v) is 4.98. The first kappa shape index (κ1) is 15.2. The van der Waals surface area contributed by atoms with Crippen molar-refractivity contribution in [3.05, 3.63) is 29.8 Å². The molecule has 0 unspecified atom stereocenters. The first-order valence-corrected chi connectivity index (χ1v) is 6.31. The van der Waals surface area contributed by atoms with Gasteiger partial charge in [0.1, 0.15) is 6.04 Å². The lowest BCUT2D eigenvalue weighted by Crippen LogP contribution is -2.96. The third-order valence-electron chi connectivity index (χ3n) is 2.66. The van der Waals surface area contributed by atoms with E-state index in [1.54, 1.807) is 17.4 Å². The molecule has 0 saturated carbocycles. The molecule has 3 N–H and O–H groups in total. The molecule has 0 radical (unpaired) electrons. The van der Waals surface area contributed by atoms with E-state index in [2.05, 4.69) is 5.32 Å². The zero-order chi connectivity index (χ0) is 14.4. The Morgan fingerprint density at radius 3 is 2.32 bits per heavy atom. The molecule has 0 aliphatic carbocycles. The van der Waals surface area contributed by atoms with Crippen LogP contribution in [0.5, 0.6) is 0 Å². The second kappa shape index (κ2) is 6.89. The van der Waals surface area contributed by atoms with E-state index < -0.39 is 12.0 Å². The van der Waals surface area contributed by atoms with Crippen LogP contribution in [0, 0.1) is 6.92 Å². The van der Waals surface area contributed by atoms with Crippen molar-refractivity contribution >= 4 is 17.6 Å². The number of benzene rings is 1. The number of aliphatic carboxylic acids is 1. The number of amides is 1. The molecule has 5 nitrogen and oxygen atoms in total. The third kappa shape index (κ3) is 5.52. The molecule has 104 valence electrons. The summed E-state index contributed by atoms with van der Waals surface area (Å²) in [7, 11) is 0. The van der Waals surface area contributed by atoms with Gasteiger partial charge in [0, 0.05) is 5.69 Å². The normalized spacial score (nSPS) is 12.2. The number of carbonyl (C=O) groups is 2. The molecule has 1 aromatic carbocycles. The number of hydrogen-bond donors (Lipinski definition) is 2. The van der Waals surface area contributed by atoms with Crippen molar-refractivity contribution in [2.45, 2.75) is 39.3 Å². The molecule has 19 heavy (non-hydrogen) atoms. The predicted molar refractivity (Wildman–Crippen MR) is 70.3 cm³/mol. The lowest BCUT2D eigenvalue weighted by atomic mass is 10.1. The Labute approximate surface area is 113 Å². The van der Waals surface area contributed by atoms with Gasteiger partial charge < -0.3 is 20.5 Å². The number of nitrogens with one attached hydrogen (secondary N) is 1. The number of anilines is 1. The average Bonchev–Trinajstić information content (AvgIpc) is 2.30. The summed E-state index contributed by atoms with van der Waals surface area (Å²) in [5.74, 6) is -1.54. The van der Waals surface area contributed by atoms with Crippen LogP contribution in [0.4, 0.5) is 5.69 Å². The van der Waals surface area contributed by atoms with Crippen molar-refractivity contribution in [1.29, 1.82) is 0 Å². The van der Waals surface area contributed by atoms with Crippen LogP contribution in [0.1, 0.15) is 25.8 Å². The molecule has 0 fully saturated rings. The van der Waals surface area contributed by atoms with Gasteiger partial charge in [-0.3, -0.25) is 4.79 Å². The summed E-state index contributed by atoms with van der Waals surface area (Å²) in [6, 6.07) is 6.57. The van der Waals surface area contributed by atoms with Crippen LogP contribution in [0.15, 0.2) is 24.3 Å². The number of hydrogen-bond acceptors (Lipinski definition) is 3. The van der Waals surface area contributed by atoms with E-state index in [1.165, 1.54) is 0 Å². The summed E-state index contributed by atoms with van der Waals surface area (Å²) < 4.78 is 0. The van der Waals surface area contributed by atoms with Crippen molar-refractivity contribution in [3.8, 4) is 0 Å². The fourth-order valence-electron chi connectivity index (χ4n) is 1.74. The van der Waals surface area contributed by atoms with Gasteiger partial charge >= 0.3 is 0 Å². The van der Waals surface area contributed by atoms with Crippen molar-refractivity contribution in [2.24, 2.45) is 0 Å². The predicted octanol–water partition coefficient (Wildman–Crippen LogP) is -0.586. The maximum absolute atomic E-state index is 11.8. The molecule has 1 aromatic rings. The molecule has 0 aliphatic rings. The molecule has 0 saturated heterocycles. The van der Waals surface area contributed by atoms with Crippen LogP contribution in [0.2, 0.25) is 0 Å². The highest BCUT2D eigenvalue weighted by Crippen LogP contribution is 2.08. The van der Waals surface area contributed by atoms with Crippen LogP contribution < -0.4 is 15.7 Å². The second-order valence-electron chi connectivity index (χ2n) is 4.98. The van der Waals surface area contributed by atoms with Crippen LogP contribution >= 0.6 is 0 Å². The van der Waals surface area contributed by atoms with E-state index >= 15 is 0 Å². The summed E-state index contributed by atoms with van der Waals surface area (Å²) >= 11 is 0. The van der Waals surface area contributed by atoms with Crippen molar-refractivity contribution in [2.75, 3.05) is 5.32 Å². The molecule has 0 heterocycles. The molecule has 5 heteroatoms. The van der Waals surface area contributed by atoms with Gasteiger partial charge in [-0.1, -0.05) is 17.7 Å². The monoisotopic (exact) mass is 264 g/mol. The summed E-state index contributed by atoms with van der Waals surface area (Å²) in [6.07, 6.45) is -0.103. The minimum absolute atomic E-state index is 0.0927. The zero-order valence-corrected chi connectivity index (χ0v) is 11.5. The van der Waals surface area contributed by atoms with E-state index in [-0.39, 0.29) is 18.4 Å². The van der Waals surface area contributed by atoms with Crippen LogP contribution in [-0.2, 0) is 9.59 Å². The molecule has 1 rings (SSSR count). The smallest absolute Gasteiger partial charge is 0.230 e. The number of carboxylic acid groups (broad SMARTS) is 1. The van der Waals surface area contributed by atoms with E-state index in [0.717, 1.165) is 5.56 Å². The summed E-state index contributed by atoms with van der Waals surface area (Å²) in [5.41, 5.74) is 1.76. The Morgan fingerprint density at radius 1 is 1.26 bits per heavy atom. The molecule has 1 amide bonds. The minimum atomic E-state index is -1.22. The van der Waals surface area contributed by atoms with E-state index in [9.17, 15) is 14.7 Å². The molecule has 0 aliphatic heterocycles. The molecule has 1 atom stereocenters. The first-order valence-electron chi connectivity index (χ1n) is 6.31. The third-order valence-corrected chi connectivity index (χ3v) is 2.66. The summed E-state index contributed by atoms with van der Waals surface area (Å²) in [6.45, 7) is 5.69. The van der Waals surface area contributed by atoms with Gasteiger partial charge in [-0.05, 0) is 32.9 Å². The largest absolute Gasteiger partial charge is 0.544 e. The van der Waals surface area contributed by atoms with E-state index in [4.69, 9.17) is 0 Å². The topological polar surface area (TPSA) is 85.8 Å². The average molecular weight is 264 g/mol. The lowest BCUT2D eigenvalue weighted by molar-refractivity contribution is -0.708. The fraction of sp³-hybridized carbons (Fsp3) is 0.429. The van der Waals surface area contributed by atoms with Crippen LogP contribution in [0.3, 0.4) is 0 Å². The number of carboxylic acids is 1. The van der Waals surface area contributed by atoms with Crippen LogP contribution in [0.25, 0.3) is 0 Å². The first-order chi connectivity index (χ1) is 8.88. The lowest BCUT2D eigenvalue weighted by Gasteiger charge is -2.18. The minimum Gasteiger partial charge on any atom is -0.544 e. The SMILES string of the molecule is Cc1ccc(NC(=O)C[C@@H]([NH2+]C(C)C)C(=O)[O-])cc1. The number of carbonyl (C=O) groups excluding carboxylic acids is 2. The Kier molecular flexibility index (Phi) is 5.51. The van der Waals surface area contributed by atoms with Gasteiger partial charge in [0.25, 0.3) is 0 Å². The zero-order valence-electron chi connectivity index (χ0n) is 11.5. The molecular weight excluding hydrogens is 244 g/mol. The maximum atomic E-state index is 11.8. The highest BCUT2D eigenvalue weighted by atomic mass is 16.4. The summed E-state index contributed by atoms with van der Waals surface area (Å²) in [5, 5.41) is 15.2. The maximum Gasteiger partial charge on any atom is 0.230 e. The Morgan fingerprint density at radius 2 is 1.84 bits per heavy atom. The number of quaternary nitrogens is 1. The van der Waals surface area contributed by atoms with Gasteiger partial charge in [-0.25, -0.2) is 0 Å². The Bertz CT molecular complexity index is 441. The molecular formula is C14H20N2O3.